The van der Waals surface area contributed by atoms with Gasteiger partial charge in [-0.1, -0.05) is 57.2 Å². The van der Waals surface area contributed by atoms with E-state index >= 15 is 0 Å². The van der Waals surface area contributed by atoms with Crippen LogP contribution >= 0.6 is 0 Å². The SMILES string of the molecule is CCCCCCCCNC(=O)CN1C(=O)c2ccccc2N2C(=O)c3c(ccc(OC)c3OC)[C@H]12. The molecular formula is C27H33N3O5. The first-order chi connectivity index (χ1) is 17.0. The minimum absolute atomic E-state index is 0.148. The fourth-order valence-corrected chi connectivity index (χ4v) is 4.93. The van der Waals surface area contributed by atoms with Crippen LogP contribution in [-0.4, -0.2) is 49.9 Å². The number of methoxy groups -OCH3 is 2. The number of fused-ring (bicyclic) bond motifs is 5. The third-order valence-corrected chi connectivity index (χ3v) is 6.65. The summed E-state index contributed by atoms with van der Waals surface area (Å²) < 4.78 is 10.9. The summed E-state index contributed by atoms with van der Waals surface area (Å²) in [6, 6.07) is 10.5. The van der Waals surface area contributed by atoms with Crippen molar-refractivity contribution in [3.63, 3.8) is 0 Å². The maximum atomic E-state index is 13.7. The Labute approximate surface area is 206 Å². The fraction of sp³-hybridized carbons (Fsp3) is 0.444. The topological polar surface area (TPSA) is 88.2 Å². The number of hydrogen-bond donors (Lipinski definition) is 1. The Kier molecular flexibility index (Phi) is 7.58. The summed E-state index contributed by atoms with van der Waals surface area (Å²) in [6.07, 6.45) is 6.04. The van der Waals surface area contributed by atoms with Crippen LogP contribution in [0.4, 0.5) is 5.69 Å². The van der Waals surface area contributed by atoms with Crippen molar-refractivity contribution in [1.82, 2.24) is 10.2 Å². The molecule has 2 aliphatic heterocycles. The highest BCUT2D eigenvalue weighted by molar-refractivity contribution is 6.18. The molecule has 0 saturated heterocycles. The molecule has 8 heteroatoms. The van der Waals surface area contributed by atoms with Gasteiger partial charge in [0.2, 0.25) is 5.91 Å². The maximum absolute atomic E-state index is 13.7. The predicted octanol–water partition coefficient (Wildman–Crippen LogP) is 4.30. The molecule has 0 fully saturated rings. The number of carbonyl (C=O) groups is 3. The number of carbonyl (C=O) groups excluding carboxylic acids is 3. The summed E-state index contributed by atoms with van der Waals surface area (Å²) in [7, 11) is 2.99. The number of para-hydroxylation sites is 1. The Hall–Kier alpha value is -3.55. The zero-order valence-electron chi connectivity index (χ0n) is 20.6. The molecule has 0 spiro atoms. The summed E-state index contributed by atoms with van der Waals surface area (Å²) in [4.78, 5) is 43.1. The summed E-state index contributed by atoms with van der Waals surface area (Å²) >= 11 is 0. The third-order valence-electron chi connectivity index (χ3n) is 6.65. The number of rotatable bonds is 11. The van der Waals surface area contributed by atoms with Gasteiger partial charge >= 0.3 is 0 Å². The van der Waals surface area contributed by atoms with Crippen molar-refractivity contribution in [2.45, 2.75) is 51.6 Å². The van der Waals surface area contributed by atoms with Crippen LogP contribution in [0.2, 0.25) is 0 Å². The minimum atomic E-state index is -0.737. The lowest BCUT2D eigenvalue weighted by molar-refractivity contribution is -0.122. The quantitative estimate of drug-likeness (QED) is 0.486. The van der Waals surface area contributed by atoms with E-state index in [1.807, 2.05) is 0 Å². The van der Waals surface area contributed by atoms with Gasteiger partial charge in [-0.2, -0.15) is 0 Å². The molecule has 35 heavy (non-hydrogen) atoms. The molecule has 2 aliphatic rings. The van der Waals surface area contributed by atoms with E-state index in [0.717, 1.165) is 19.3 Å². The Morgan fingerprint density at radius 3 is 2.43 bits per heavy atom. The van der Waals surface area contributed by atoms with Gasteiger partial charge in [0, 0.05) is 12.1 Å². The van der Waals surface area contributed by atoms with Gasteiger partial charge in [-0.15, -0.1) is 0 Å². The van der Waals surface area contributed by atoms with Crippen molar-refractivity contribution < 1.29 is 23.9 Å². The van der Waals surface area contributed by atoms with Gasteiger partial charge in [-0.05, 0) is 24.6 Å². The summed E-state index contributed by atoms with van der Waals surface area (Å²) in [5.41, 5.74) is 1.87. The molecule has 3 amide bonds. The van der Waals surface area contributed by atoms with Crippen LogP contribution in [0.25, 0.3) is 0 Å². The highest BCUT2D eigenvalue weighted by Crippen LogP contribution is 2.49. The summed E-state index contributed by atoms with van der Waals surface area (Å²) in [5.74, 6) is -0.0677. The van der Waals surface area contributed by atoms with E-state index in [4.69, 9.17) is 9.47 Å². The molecule has 0 aliphatic carbocycles. The Bertz CT molecular complexity index is 1120. The fourth-order valence-electron chi connectivity index (χ4n) is 4.93. The maximum Gasteiger partial charge on any atom is 0.264 e. The highest BCUT2D eigenvalue weighted by Gasteiger charge is 2.50. The van der Waals surface area contributed by atoms with E-state index in [1.54, 1.807) is 41.3 Å². The molecule has 4 rings (SSSR count). The molecule has 2 aromatic rings. The van der Waals surface area contributed by atoms with Crippen LogP contribution in [0.5, 0.6) is 11.5 Å². The van der Waals surface area contributed by atoms with E-state index < -0.39 is 6.17 Å². The van der Waals surface area contributed by atoms with Gasteiger partial charge < -0.3 is 19.7 Å². The van der Waals surface area contributed by atoms with Crippen LogP contribution in [0, 0.1) is 0 Å². The summed E-state index contributed by atoms with van der Waals surface area (Å²) in [5, 5.41) is 2.94. The van der Waals surface area contributed by atoms with E-state index in [2.05, 4.69) is 12.2 Å². The first-order valence-electron chi connectivity index (χ1n) is 12.3. The number of amides is 3. The van der Waals surface area contributed by atoms with Gasteiger partial charge in [0.15, 0.2) is 11.5 Å². The molecule has 0 radical (unpaired) electrons. The molecule has 0 bridgehead atoms. The van der Waals surface area contributed by atoms with Gasteiger partial charge in [-0.25, -0.2) is 0 Å². The molecule has 0 saturated carbocycles. The molecule has 0 unspecified atom stereocenters. The second-order valence-electron chi connectivity index (χ2n) is 8.88. The van der Waals surface area contributed by atoms with E-state index in [1.165, 1.54) is 38.4 Å². The Balaban J connectivity index is 1.59. The van der Waals surface area contributed by atoms with Crippen LogP contribution in [-0.2, 0) is 4.79 Å². The highest BCUT2D eigenvalue weighted by atomic mass is 16.5. The van der Waals surface area contributed by atoms with Crippen molar-refractivity contribution >= 4 is 23.4 Å². The molecule has 2 heterocycles. The Morgan fingerprint density at radius 2 is 1.69 bits per heavy atom. The van der Waals surface area contributed by atoms with E-state index in [9.17, 15) is 14.4 Å². The van der Waals surface area contributed by atoms with Crippen molar-refractivity contribution in [1.29, 1.82) is 0 Å². The molecule has 2 aromatic carbocycles. The monoisotopic (exact) mass is 479 g/mol. The summed E-state index contributed by atoms with van der Waals surface area (Å²) in [6.45, 7) is 2.61. The number of nitrogens with zero attached hydrogens (tertiary/aromatic N) is 2. The predicted molar refractivity (Wildman–Crippen MR) is 133 cm³/mol. The normalized spacial score (nSPS) is 16.0. The second-order valence-corrected chi connectivity index (χ2v) is 8.88. The zero-order chi connectivity index (χ0) is 24.9. The van der Waals surface area contributed by atoms with E-state index in [-0.39, 0.29) is 24.3 Å². The molecule has 8 nitrogen and oxygen atoms in total. The molecule has 1 atom stereocenters. The number of ether oxygens (including phenoxy) is 2. The zero-order valence-corrected chi connectivity index (χ0v) is 20.6. The first-order valence-corrected chi connectivity index (χ1v) is 12.3. The van der Waals surface area contributed by atoms with Crippen molar-refractivity contribution in [3.05, 3.63) is 53.1 Å². The first kappa shape index (κ1) is 24.6. The van der Waals surface area contributed by atoms with Crippen molar-refractivity contribution in [2.75, 3.05) is 32.2 Å². The van der Waals surface area contributed by atoms with Gasteiger partial charge in [0.05, 0.1) is 31.0 Å². The van der Waals surface area contributed by atoms with Gasteiger partial charge in [-0.3, -0.25) is 19.3 Å². The standard InChI is InChI=1S/C27H33N3O5/c1-4-5-6-7-8-11-16-28-22(31)17-29-25-19-14-15-21(34-2)24(35-3)23(19)27(33)30(25)20-13-10-9-12-18(20)26(29)32/h9-10,12-15,25H,4-8,11,16-17H2,1-3H3,(H,28,31)/t25-/m1/s1. The van der Waals surface area contributed by atoms with Crippen LogP contribution in [0.3, 0.4) is 0 Å². The lowest BCUT2D eigenvalue weighted by atomic mass is 10.0. The average molecular weight is 480 g/mol. The lowest BCUT2D eigenvalue weighted by Crippen LogP contribution is -2.51. The molecule has 186 valence electrons. The molecular weight excluding hydrogens is 446 g/mol. The van der Waals surface area contributed by atoms with Gasteiger partial charge in [0.1, 0.15) is 12.7 Å². The third kappa shape index (κ3) is 4.57. The van der Waals surface area contributed by atoms with Crippen LogP contribution in [0.1, 0.15) is 77.9 Å². The number of unbranched alkanes of at least 4 members (excludes halogenated alkanes) is 5. The molecule has 0 aromatic heterocycles. The number of nitrogens with one attached hydrogen (secondary N) is 1. The van der Waals surface area contributed by atoms with Crippen LogP contribution in [0.15, 0.2) is 36.4 Å². The van der Waals surface area contributed by atoms with Crippen LogP contribution < -0.4 is 19.7 Å². The van der Waals surface area contributed by atoms with Crippen molar-refractivity contribution in [2.24, 2.45) is 0 Å². The molecule has 1 N–H and O–H groups in total. The van der Waals surface area contributed by atoms with Crippen molar-refractivity contribution in [3.8, 4) is 11.5 Å². The smallest absolute Gasteiger partial charge is 0.264 e. The minimum Gasteiger partial charge on any atom is -0.493 e. The van der Waals surface area contributed by atoms with Gasteiger partial charge in [0.25, 0.3) is 11.8 Å². The van der Waals surface area contributed by atoms with E-state index in [0.29, 0.717) is 40.4 Å². The number of hydrogen-bond acceptors (Lipinski definition) is 5. The average Bonchev–Trinajstić information content (AvgIpc) is 3.17. The lowest BCUT2D eigenvalue weighted by Gasteiger charge is -2.40. The largest absolute Gasteiger partial charge is 0.493 e. The number of benzene rings is 2. The second kappa shape index (κ2) is 10.8. The Morgan fingerprint density at radius 1 is 0.943 bits per heavy atom. The number of anilines is 1.